The molecule has 0 spiro atoms. The van der Waals surface area contributed by atoms with E-state index in [4.69, 9.17) is 0 Å². The van der Waals surface area contributed by atoms with Crippen molar-refractivity contribution < 1.29 is 0 Å². The standard InChI is InChI=1S/C15H24N4O/c1-12-11-13-14(20)18(9-10-19(13)17-12)8-7-16-6-5-15(2,3)4/h9-11,16H,5-8H2,1-4H3. The van der Waals surface area contributed by atoms with Gasteiger partial charge in [-0.25, -0.2) is 4.52 Å². The van der Waals surface area contributed by atoms with Crippen LogP contribution in [0.1, 0.15) is 32.9 Å². The predicted octanol–water partition coefficient (Wildman–Crippen LogP) is 1.83. The second-order valence-electron chi connectivity index (χ2n) is 6.47. The third-order valence-electron chi connectivity index (χ3n) is 3.31. The number of nitrogens with one attached hydrogen (secondary N) is 1. The summed E-state index contributed by atoms with van der Waals surface area (Å²) in [5.74, 6) is 0. The largest absolute Gasteiger partial charge is 0.315 e. The molecule has 20 heavy (non-hydrogen) atoms. The van der Waals surface area contributed by atoms with Gasteiger partial charge < -0.3 is 9.88 Å². The van der Waals surface area contributed by atoms with Crippen LogP contribution in [0.3, 0.4) is 0 Å². The highest BCUT2D eigenvalue weighted by Gasteiger charge is 2.09. The van der Waals surface area contributed by atoms with E-state index in [-0.39, 0.29) is 5.56 Å². The molecule has 0 radical (unpaired) electrons. The summed E-state index contributed by atoms with van der Waals surface area (Å²) in [5, 5.41) is 7.63. The number of aryl methyl sites for hydroxylation is 1. The van der Waals surface area contributed by atoms with Crippen LogP contribution in [-0.4, -0.2) is 27.3 Å². The average Bonchev–Trinajstić information content (AvgIpc) is 2.72. The van der Waals surface area contributed by atoms with Crippen LogP contribution in [-0.2, 0) is 6.54 Å². The van der Waals surface area contributed by atoms with Crippen LogP contribution in [0.25, 0.3) is 5.52 Å². The fourth-order valence-electron chi connectivity index (χ4n) is 2.11. The van der Waals surface area contributed by atoms with Crippen molar-refractivity contribution in [2.24, 2.45) is 5.41 Å². The van der Waals surface area contributed by atoms with E-state index < -0.39 is 0 Å². The van der Waals surface area contributed by atoms with Gasteiger partial charge in [-0.1, -0.05) is 20.8 Å². The first kappa shape index (κ1) is 14.8. The van der Waals surface area contributed by atoms with Crippen molar-refractivity contribution in [1.29, 1.82) is 0 Å². The molecule has 5 nitrogen and oxygen atoms in total. The Morgan fingerprint density at radius 1 is 1.25 bits per heavy atom. The first-order valence-electron chi connectivity index (χ1n) is 7.13. The van der Waals surface area contributed by atoms with Crippen LogP contribution in [0.4, 0.5) is 0 Å². The van der Waals surface area contributed by atoms with Crippen molar-refractivity contribution in [2.45, 2.75) is 40.7 Å². The van der Waals surface area contributed by atoms with Crippen LogP contribution in [0.5, 0.6) is 0 Å². The van der Waals surface area contributed by atoms with Crippen LogP contribution in [0.15, 0.2) is 23.3 Å². The maximum absolute atomic E-state index is 12.2. The molecular weight excluding hydrogens is 252 g/mol. The van der Waals surface area contributed by atoms with E-state index in [2.05, 4.69) is 31.2 Å². The fourth-order valence-corrected chi connectivity index (χ4v) is 2.11. The number of rotatable bonds is 5. The lowest BCUT2D eigenvalue weighted by Crippen LogP contribution is -2.29. The van der Waals surface area contributed by atoms with Crippen LogP contribution < -0.4 is 10.9 Å². The monoisotopic (exact) mass is 276 g/mol. The molecule has 5 heteroatoms. The Balaban J connectivity index is 1.94. The molecule has 0 aliphatic rings. The lowest BCUT2D eigenvalue weighted by molar-refractivity contribution is 0.365. The zero-order valence-corrected chi connectivity index (χ0v) is 12.8. The van der Waals surface area contributed by atoms with Gasteiger partial charge in [0.25, 0.3) is 5.56 Å². The van der Waals surface area contributed by atoms with Crippen molar-refractivity contribution >= 4 is 5.52 Å². The molecule has 0 atom stereocenters. The molecule has 0 bridgehead atoms. The minimum Gasteiger partial charge on any atom is -0.315 e. The van der Waals surface area contributed by atoms with E-state index >= 15 is 0 Å². The summed E-state index contributed by atoms with van der Waals surface area (Å²) in [4.78, 5) is 12.2. The number of hydrogen-bond donors (Lipinski definition) is 1. The fraction of sp³-hybridized carbons (Fsp3) is 0.600. The Labute approximate surface area is 119 Å². The van der Waals surface area contributed by atoms with E-state index in [9.17, 15) is 4.79 Å². The molecule has 0 aliphatic heterocycles. The van der Waals surface area contributed by atoms with Crippen molar-refractivity contribution in [3.63, 3.8) is 0 Å². The van der Waals surface area contributed by atoms with Gasteiger partial charge in [0, 0.05) is 25.5 Å². The molecule has 2 heterocycles. The highest BCUT2D eigenvalue weighted by atomic mass is 16.1. The third-order valence-corrected chi connectivity index (χ3v) is 3.31. The van der Waals surface area contributed by atoms with Crippen molar-refractivity contribution in [2.75, 3.05) is 13.1 Å². The van der Waals surface area contributed by atoms with Crippen molar-refractivity contribution in [3.8, 4) is 0 Å². The number of nitrogens with zero attached hydrogens (tertiary/aromatic N) is 3. The molecule has 110 valence electrons. The van der Waals surface area contributed by atoms with Crippen LogP contribution in [0.2, 0.25) is 0 Å². The maximum Gasteiger partial charge on any atom is 0.276 e. The Kier molecular flexibility index (Phi) is 4.28. The Morgan fingerprint density at radius 2 is 2.00 bits per heavy atom. The molecule has 1 N–H and O–H groups in total. The van der Waals surface area contributed by atoms with Gasteiger partial charge in [-0.2, -0.15) is 5.10 Å². The Morgan fingerprint density at radius 3 is 2.70 bits per heavy atom. The van der Waals surface area contributed by atoms with Gasteiger partial charge in [0.1, 0.15) is 5.52 Å². The molecule has 2 aromatic heterocycles. The van der Waals surface area contributed by atoms with Gasteiger partial charge in [0.2, 0.25) is 0 Å². The zero-order valence-electron chi connectivity index (χ0n) is 12.8. The molecule has 0 amide bonds. The summed E-state index contributed by atoms with van der Waals surface area (Å²) in [6.07, 6.45) is 4.76. The molecule has 0 fully saturated rings. The zero-order chi connectivity index (χ0) is 14.8. The summed E-state index contributed by atoms with van der Waals surface area (Å²) in [6.45, 7) is 11.1. The maximum atomic E-state index is 12.2. The van der Waals surface area contributed by atoms with Crippen LogP contribution in [0, 0.1) is 12.3 Å². The SMILES string of the molecule is Cc1cc2c(=O)n(CCNCCC(C)(C)C)ccn2n1. The topological polar surface area (TPSA) is 51.3 Å². The summed E-state index contributed by atoms with van der Waals surface area (Å²) in [7, 11) is 0. The number of hydrogen-bond acceptors (Lipinski definition) is 3. The lowest BCUT2D eigenvalue weighted by atomic mass is 9.92. The van der Waals surface area contributed by atoms with Gasteiger partial charge in [0.05, 0.1) is 5.69 Å². The van der Waals surface area contributed by atoms with Gasteiger partial charge in [-0.05, 0) is 31.4 Å². The van der Waals surface area contributed by atoms with Crippen molar-refractivity contribution in [3.05, 3.63) is 34.5 Å². The quantitative estimate of drug-likeness (QED) is 0.848. The van der Waals surface area contributed by atoms with E-state index in [0.717, 1.165) is 25.2 Å². The van der Waals surface area contributed by atoms with Crippen LogP contribution >= 0.6 is 0 Å². The normalized spacial score (nSPS) is 12.2. The van der Waals surface area contributed by atoms with Gasteiger partial charge >= 0.3 is 0 Å². The summed E-state index contributed by atoms with van der Waals surface area (Å²) in [6, 6.07) is 1.83. The molecule has 0 saturated heterocycles. The first-order chi connectivity index (χ1) is 9.37. The van der Waals surface area contributed by atoms with E-state index in [1.165, 1.54) is 0 Å². The molecule has 0 aromatic carbocycles. The second-order valence-corrected chi connectivity index (χ2v) is 6.47. The summed E-state index contributed by atoms with van der Waals surface area (Å²) >= 11 is 0. The van der Waals surface area contributed by atoms with Gasteiger partial charge in [0.15, 0.2) is 0 Å². The molecule has 0 saturated carbocycles. The first-order valence-corrected chi connectivity index (χ1v) is 7.13. The summed E-state index contributed by atoms with van der Waals surface area (Å²) < 4.78 is 3.38. The van der Waals surface area contributed by atoms with Gasteiger partial charge in [-0.3, -0.25) is 4.79 Å². The summed E-state index contributed by atoms with van der Waals surface area (Å²) in [5.41, 5.74) is 1.87. The average molecular weight is 276 g/mol. The Hall–Kier alpha value is -1.62. The predicted molar refractivity (Wildman–Crippen MR) is 81.1 cm³/mol. The van der Waals surface area contributed by atoms with Crippen molar-refractivity contribution in [1.82, 2.24) is 19.5 Å². The third kappa shape index (κ3) is 3.70. The highest BCUT2D eigenvalue weighted by Crippen LogP contribution is 2.16. The molecule has 2 rings (SSSR count). The van der Waals surface area contributed by atoms with E-state index in [1.54, 1.807) is 15.3 Å². The van der Waals surface area contributed by atoms with Gasteiger partial charge in [-0.15, -0.1) is 0 Å². The highest BCUT2D eigenvalue weighted by molar-refractivity contribution is 5.44. The molecule has 2 aromatic rings. The Bertz CT molecular complexity index is 633. The number of fused-ring (bicyclic) bond motifs is 1. The minimum absolute atomic E-state index is 0.0192. The molecule has 0 unspecified atom stereocenters. The van der Waals surface area contributed by atoms with E-state index in [0.29, 0.717) is 17.5 Å². The lowest BCUT2D eigenvalue weighted by Gasteiger charge is -2.18. The smallest absolute Gasteiger partial charge is 0.276 e. The number of aromatic nitrogens is 3. The second kappa shape index (κ2) is 5.79. The molecule has 0 aliphatic carbocycles. The minimum atomic E-state index is 0.0192. The van der Waals surface area contributed by atoms with E-state index in [1.807, 2.05) is 19.2 Å². The molecular formula is C15H24N4O.